The molecule has 1 aliphatic rings. The molecule has 0 N–H and O–H groups in total. The number of hydrogen-bond donors (Lipinski definition) is 0. The zero-order chi connectivity index (χ0) is 20.1. The van der Waals surface area contributed by atoms with Crippen LogP contribution >= 0.6 is 34.9 Å². The van der Waals surface area contributed by atoms with Gasteiger partial charge in [-0.1, -0.05) is 54.7 Å². The summed E-state index contributed by atoms with van der Waals surface area (Å²) in [7, 11) is 0. The molecule has 0 atom stereocenters. The van der Waals surface area contributed by atoms with Crippen LogP contribution in [0.1, 0.15) is 24.8 Å². The normalized spacial score (nSPS) is 13.1. The Morgan fingerprint density at radius 1 is 1.24 bits per heavy atom. The zero-order valence-electron chi connectivity index (χ0n) is 15.9. The number of aromatic nitrogens is 2. The minimum Gasteiger partial charge on any atom is -0.418 e. The minimum absolute atomic E-state index is 0.0508. The van der Waals surface area contributed by atoms with Crippen LogP contribution in [0, 0.1) is 0 Å². The van der Waals surface area contributed by atoms with Gasteiger partial charge in [-0.15, -0.1) is 21.5 Å². The van der Waals surface area contributed by atoms with Crippen molar-refractivity contribution in [3.05, 3.63) is 53.2 Å². The minimum atomic E-state index is 0.0508. The maximum absolute atomic E-state index is 12.8. The lowest BCUT2D eigenvalue weighted by atomic mass is 10.2. The van der Waals surface area contributed by atoms with Gasteiger partial charge in [0.2, 0.25) is 11.8 Å². The number of carbonyl (C=O) groups is 1. The van der Waals surface area contributed by atoms with E-state index >= 15 is 0 Å². The average Bonchev–Trinajstić information content (AvgIpc) is 3.43. The van der Waals surface area contributed by atoms with Gasteiger partial charge in [-0.2, -0.15) is 0 Å². The topological polar surface area (TPSA) is 71.6 Å². The maximum atomic E-state index is 12.8. The molecule has 29 heavy (non-hydrogen) atoms. The lowest BCUT2D eigenvalue weighted by Crippen LogP contribution is -2.33. The molecular weight excluding hydrogens is 424 g/mol. The van der Waals surface area contributed by atoms with E-state index in [0.717, 1.165) is 27.1 Å². The predicted octanol–water partition coefficient (Wildman–Crippen LogP) is 5.20. The largest absolute Gasteiger partial charge is 0.418 e. The van der Waals surface area contributed by atoms with Gasteiger partial charge in [0.15, 0.2) is 0 Å². The van der Waals surface area contributed by atoms with Crippen LogP contribution in [0.15, 0.2) is 51.2 Å². The zero-order valence-corrected chi connectivity index (χ0v) is 18.4. The number of carbonyl (C=O) groups excluding carboxylic acids is 1. The second-order valence-electron chi connectivity index (χ2n) is 6.38. The van der Waals surface area contributed by atoms with E-state index in [9.17, 15) is 4.79 Å². The summed E-state index contributed by atoms with van der Waals surface area (Å²) in [5.41, 5.74) is 2.23. The summed E-state index contributed by atoms with van der Waals surface area (Å²) in [5.74, 6) is 2.25. The Morgan fingerprint density at radius 3 is 2.97 bits per heavy atom. The molecule has 9 heteroatoms. The fourth-order valence-corrected chi connectivity index (χ4v) is 5.45. The number of hydrogen-bond acceptors (Lipinski definition) is 8. The molecule has 3 heterocycles. The monoisotopic (exact) mass is 444 g/mol. The van der Waals surface area contributed by atoms with E-state index in [1.54, 1.807) is 28.0 Å². The van der Waals surface area contributed by atoms with Gasteiger partial charge in [0.1, 0.15) is 4.38 Å². The fraction of sp³-hybridized carbons (Fsp3) is 0.300. The molecule has 0 aliphatic carbocycles. The van der Waals surface area contributed by atoms with Crippen LogP contribution in [0.5, 0.6) is 0 Å². The van der Waals surface area contributed by atoms with E-state index in [0.29, 0.717) is 30.6 Å². The maximum Gasteiger partial charge on any atom is 0.257 e. The van der Waals surface area contributed by atoms with Crippen molar-refractivity contribution in [3.8, 4) is 10.8 Å². The molecule has 0 fully saturated rings. The molecule has 0 saturated carbocycles. The SMILES string of the molecule is CCCN(Cc1nnc(-c2cccs2)o1)C(=O)CSC1=Nc2ccccc2CS1. The Balaban J connectivity index is 1.37. The van der Waals surface area contributed by atoms with E-state index in [-0.39, 0.29) is 5.91 Å². The molecule has 2 aromatic heterocycles. The summed E-state index contributed by atoms with van der Waals surface area (Å²) < 4.78 is 6.68. The van der Waals surface area contributed by atoms with E-state index in [2.05, 4.69) is 28.2 Å². The quantitative estimate of drug-likeness (QED) is 0.498. The van der Waals surface area contributed by atoms with Crippen molar-refractivity contribution in [2.24, 2.45) is 4.99 Å². The number of nitrogens with zero attached hydrogens (tertiary/aromatic N) is 4. The molecule has 0 saturated heterocycles. The van der Waals surface area contributed by atoms with E-state index in [4.69, 9.17) is 4.42 Å². The van der Waals surface area contributed by atoms with Crippen molar-refractivity contribution in [1.82, 2.24) is 15.1 Å². The number of fused-ring (bicyclic) bond motifs is 1. The number of rotatable bonds is 7. The Bertz CT molecular complexity index is 1000. The Hall–Kier alpha value is -2.10. The molecule has 0 spiro atoms. The Morgan fingerprint density at radius 2 is 2.14 bits per heavy atom. The first kappa shape index (κ1) is 20.2. The number of benzene rings is 1. The fourth-order valence-electron chi connectivity index (χ4n) is 2.84. The van der Waals surface area contributed by atoms with E-state index in [1.807, 2.05) is 35.7 Å². The Kier molecular flexibility index (Phi) is 6.68. The molecular formula is C20H20N4O2S3. The van der Waals surface area contributed by atoms with Gasteiger partial charge < -0.3 is 9.32 Å². The van der Waals surface area contributed by atoms with Crippen LogP contribution in [-0.4, -0.2) is 37.7 Å². The second-order valence-corrected chi connectivity index (χ2v) is 9.51. The third-order valence-electron chi connectivity index (χ3n) is 4.24. The van der Waals surface area contributed by atoms with Gasteiger partial charge in [-0.05, 0) is 29.5 Å². The van der Waals surface area contributed by atoms with Crippen LogP contribution < -0.4 is 0 Å². The standard InChI is InChI=1S/C20H20N4O2S3/c1-2-9-24(11-17-22-23-19(26-17)16-8-5-10-27-16)18(25)13-29-20-21-15-7-4-3-6-14(15)12-28-20/h3-8,10H,2,9,11-13H2,1H3. The third kappa shape index (κ3) is 5.09. The summed E-state index contributed by atoms with van der Waals surface area (Å²) >= 11 is 4.72. The highest BCUT2D eigenvalue weighted by molar-refractivity contribution is 8.38. The number of thioether (sulfide) groups is 2. The Labute approximate surface area is 181 Å². The summed E-state index contributed by atoms with van der Waals surface area (Å²) in [6, 6.07) is 12.0. The third-order valence-corrected chi connectivity index (χ3v) is 7.33. The van der Waals surface area contributed by atoms with Gasteiger partial charge in [-0.3, -0.25) is 4.79 Å². The number of para-hydroxylation sites is 1. The van der Waals surface area contributed by atoms with Crippen LogP contribution in [0.3, 0.4) is 0 Å². The molecule has 1 aliphatic heterocycles. The molecule has 6 nitrogen and oxygen atoms in total. The van der Waals surface area contributed by atoms with Gasteiger partial charge in [-0.25, -0.2) is 4.99 Å². The molecule has 150 valence electrons. The second kappa shape index (κ2) is 9.60. The van der Waals surface area contributed by atoms with Crippen molar-refractivity contribution in [2.45, 2.75) is 25.6 Å². The lowest BCUT2D eigenvalue weighted by Gasteiger charge is -2.20. The number of aliphatic imine (C=N–C) groups is 1. The highest BCUT2D eigenvalue weighted by atomic mass is 32.2. The smallest absolute Gasteiger partial charge is 0.257 e. The number of amides is 1. The van der Waals surface area contributed by atoms with Crippen LogP contribution in [0.25, 0.3) is 10.8 Å². The molecule has 1 amide bonds. The highest BCUT2D eigenvalue weighted by Crippen LogP contribution is 2.34. The average molecular weight is 445 g/mol. The lowest BCUT2D eigenvalue weighted by molar-refractivity contribution is -0.129. The van der Waals surface area contributed by atoms with Gasteiger partial charge in [0.25, 0.3) is 5.89 Å². The summed E-state index contributed by atoms with van der Waals surface area (Å²) in [5, 5.41) is 10.2. The first-order valence-electron chi connectivity index (χ1n) is 9.29. The van der Waals surface area contributed by atoms with E-state index < -0.39 is 0 Å². The summed E-state index contributed by atoms with van der Waals surface area (Å²) in [4.78, 5) is 20.2. The first-order valence-corrected chi connectivity index (χ1v) is 12.1. The van der Waals surface area contributed by atoms with Crippen molar-refractivity contribution < 1.29 is 9.21 Å². The van der Waals surface area contributed by atoms with Gasteiger partial charge in [0.05, 0.1) is 22.9 Å². The van der Waals surface area contributed by atoms with Crippen molar-refractivity contribution >= 4 is 50.8 Å². The molecule has 0 bridgehead atoms. The first-order chi connectivity index (χ1) is 14.2. The van der Waals surface area contributed by atoms with Crippen molar-refractivity contribution in [2.75, 3.05) is 12.3 Å². The summed E-state index contributed by atoms with van der Waals surface area (Å²) in [6.07, 6.45) is 0.866. The van der Waals surface area contributed by atoms with Crippen LogP contribution in [0.4, 0.5) is 5.69 Å². The van der Waals surface area contributed by atoms with Crippen LogP contribution in [-0.2, 0) is 17.1 Å². The van der Waals surface area contributed by atoms with Crippen LogP contribution in [0.2, 0.25) is 0 Å². The van der Waals surface area contributed by atoms with Crippen molar-refractivity contribution in [1.29, 1.82) is 0 Å². The van der Waals surface area contributed by atoms with Gasteiger partial charge in [0, 0.05) is 12.3 Å². The van der Waals surface area contributed by atoms with Gasteiger partial charge >= 0.3 is 0 Å². The number of thiophene rings is 1. The summed E-state index contributed by atoms with van der Waals surface area (Å²) in [6.45, 7) is 3.03. The molecule has 0 radical (unpaired) electrons. The predicted molar refractivity (Wildman–Crippen MR) is 121 cm³/mol. The molecule has 4 rings (SSSR count). The highest BCUT2D eigenvalue weighted by Gasteiger charge is 2.20. The molecule has 3 aromatic rings. The molecule has 1 aromatic carbocycles. The van der Waals surface area contributed by atoms with E-state index in [1.165, 1.54) is 17.3 Å². The van der Waals surface area contributed by atoms with Crippen molar-refractivity contribution in [3.63, 3.8) is 0 Å². The molecule has 0 unspecified atom stereocenters.